The molecule has 1 aromatic carbocycles. The zero-order chi connectivity index (χ0) is 25.3. The predicted molar refractivity (Wildman–Crippen MR) is 135 cm³/mol. The van der Waals surface area contributed by atoms with Crippen molar-refractivity contribution in [2.24, 2.45) is 12.8 Å². The molecule has 0 spiro atoms. The molecule has 0 unspecified atom stereocenters. The number of halogens is 1. The summed E-state index contributed by atoms with van der Waals surface area (Å²) in [6, 6.07) is 7.12. The van der Waals surface area contributed by atoms with Crippen LogP contribution in [0.3, 0.4) is 0 Å². The van der Waals surface area contributed by atoms with E-state index in [1.807, 2.05) is 31.0 Å². The van der Waals surface area contributed by atoms with Crippen LogP contribution in [0.25, 0.3) is 10.2 Å². The van der Waals surface area contributed by atoms with Gasteiger partial charge in [-0.3, -0.25) is 24.1 Å². The second-order valence-corrected chi connectivity index (χ2v) is 10.2. The van der Waals surface area contributed by atoms with E-state index in [2.05, 4.69) is 5.32 Å². The number of aromatic nitrogens is 1. The van der Waals surface area contributed by atoms with Gasteiger partial charge in [-0.15, -0.1) is 11.3 Å². The van der Waals surface area contributed by atoms with Crippen molar-refractivity contribution in [1.82, 2.24) is 19.7 Å². The lowest BCUT2D eigenvalue weighted by Gasteiger charge is -2.33. The Morgan fingerprint density at radius 1 is 1.17 bits per heavy atom. The van der Waals surface area contributed by atoms with Gasteiger partial charge in [-0.05, 0) is 30.2 Å². The Hall–Kier alpha value is -3.21. The van der Waals surface area contributed by atoms with Crippen molar-refractivity contribution >= 4 is 50.9 Å². The van der Waals surface area contributed by atoms with Gasteiger partial charge in [0.05, 0.1) is 23.3 Å². The van der Waals surface area contributed by atoms with Crippen LogP contribution < -0.4 is 16.5 Å². The Balaban J connectivity index is 1.53. The van der Waals surface area contributed by atoms with Crippen LogP contribution in [-0.2, 0) is 29.7 Å². The van der Waals surface area contributed by atoms with Gasteiger partial charge in [0.1, 0.15) is 5.56 Å². The number of rotatable bonds is 7. The number of nitrogens with two attached hydrogens (primary N) is 1. The Morgan fingerprint density at radius 2 is 1.89 bits per heavy atom. The van der Waals surface area contributed by atoms with Crippen LogP contribution in [0.2, 0.25) is 5.02 Å². The van der Waals surface area contributed by atoms with Crippen LogP contribution >= 0.6 is 22.9 Å². The Kier molecular flexibility index (Phi) is 7.25. The van der Waals surface area contributed by atoms with Crippen LogP contribution in [0.4, 0.5) is 0 Å². The van der Waals surface area contributed by atoms with E-state index in [0.29, 0.717) is 29.4 Å². The van der Waals surface area contributed by atoms with Crippen molar-refractivity contribution in [1.29, 1.82) is 0 Å². The minimum Gasteiger partial charge on any atom is -0.368 e. The van der Waals surface area contributed by atoms with E-state index in [1.165, 1.54) is 16.2 Å². The van der Waals surface area contributed by atoms with Crippen LogP contribution in [0.1, 0.15) is 26.4 Å². The molecule has 184 valence electrons. The highest BCUT2D eigenvalue weighted by atomic mass is 35.5. The lowest BCUT2D eigenvalue weighted by Crippen LogP contribution is -2.52. The first-order valence-corrected chi connectivity index (χ1v) is 12.3. The highest BCUT2D eigenvalue weighted by molar-refractivity contribution is 7.19. The molecule has 3 amide bonds. The molecule has 4 rings (SSSR count). The molecule has 1 fully saturated rings. The molecule has 0 atom stereocenters. The number of benzene rings is 1. The summed E-state index contributed by atoms with van der Waals surface area (Å²) in [6.07, 6.45) is 1.57. The van der Waals surface area contributed by atoms with Crippen LogP contribution in [-0.4, -0.2) is 58.3 Å². The fourth-order valence-corrected chi connectivity index (χ4v) is 5.68. The van der Waals surface area contributed by atoms with Gasteiger partial charge >= 0.3 is 0 Å². The van der Waals surface area contributed by atoms with Gasteiger partial charge in [0.25, 0.3) is 5.91 Å². The first-order chi connectivity index (χ1) is 16.6. The van der Waals surface area contributed by atoms with Gasteiger partial charge in [0.15, 0.2) is 0 Å². The normalized spacial score (nSPS) is 14.5. The molecule has 0 bridgehead atoms. The summed E-state index contributed by atoms with van der Waals surface area (Å²) in [5.41, 5.74) is 7.59. The topological polar surface area (TPSA) is 118 Å². The molecule has 9 nitrogen and oxygen atoms in total. The fourth-order valence-electron chi connectivity index (χ4n) is 4.21. The zero-order valence-electron chi connectivity index (χ0n) is 19.5. The molecule has 0 saturated carbocycles. The highest BCUT2D eigenvalue weighted by Crippen LogP contribution is 2.30. The van der Waals surface area contributed by atoms with Gasteiger partial charge in [0, 0.05) is 49.3 Å². The number of carbonyl (C=O) groups excluding carboxylic acids is 3. The largest absolute Gasteiger partial charge is 0.368 e. The van der Waals surface area contributed by atoms with E-state index in [4.69, 9.17) is 17.3 Å². The van der Waals surface area contributed by atoms with Crippen molar-refractivity contribution < 1.29 is 14.4 Å². The highest BCUT2D eigenvalue weighted by Gasteiger charge is 2.27. The first kappa shape index (κ1) is 24.9. The van der Waals surface area contributed by atoms with Crippen molar-refractivity contribution in [2.75, 3.05) is 26.2 Å². The number of thiophene rings is 1. The maximum atomic E-state index is 13.2. The third-order valence-corrected chi connectivity index (χ3v) is 7.58. The molecule has 11 heteroatoms. The van der Waals surface area contributed by atoms with Crippen molar-refractivity contribution in [3.05, 3.63) is 67.3 Å². The standard InChI is InChI=1S/C24H26ClN5O4S/c1-14-18(11-29-7-8-30(12-19(26)31)20(32)13-29)35-23-21(14)28(2)10-17(22(23)33)24(34)27-9-15-3-5-16(25)6-4-15/h3-6,10H,7-9,11-13H2,1-2H3,(H2,26,31)(H,27,34). The maximum absolute atomic E-state index is 13.2. The number of aryl methyl sites for hydroxylation is 2. The number of amides is 3. The van der Waals surface area contributed by atoms with E-state index in [0.717, 1.165) is 21.5 Å². The fraction of sp³-hybridized carbons (Fsp3) is 0.333. The number of fused-ring (bicyclic) bond motifs is 1. The van der Waals surface area contributed by atoms with Crippen LogP contribution in [0, 0.1) is 6.92 Å². The Bertz CT molecular complexity index is 1360. The molecule has 1 aliphatic rings. The number of carbonyl (C=O) groups is 3. The lowest BCUT2D eigenvalue weighted by molar-refractivity contribution is -0.139. The number of nitrogens with one attached hydrogen (secondary N) is 1. The van der Waals surface area contributed by atoms with Gasteiger partial charge in [-0.2, -0.15) is 0 Å². The average molecular weight is 516 g/mol. The van der Waals surface area contributed by atoms with Gasteiger partial charge in [-0.25, -0.2) is 0 Å². The van der Waals surface area contributed by atoms with E-state index < -0.39 is 11.8 Å². The summed E-state index contributed by atoms with van der Waals surface area (Å²) >= 11 is 7.25. The Labute approximate surface area is 211 Å². The summed E-state index contributed by atoms with van der Waals surface area (Å²) in [4.78, 5) is 54.0. The predicted octanol–water partition coefficient (Wildman–Crippen LogP) is 1.62. The van der Waals surface area contributed by atoms with Crippen LogP contribution in [0.15, 0.2) is 35.3 Å². The number of hydrogen-bond acceptors (Lipinski definition) is 6. The zero-order valence-corrected chi connectivity index (χ0v) is 21.0. The monoisotopic (exact) mass is 515 g/mol. The third-order valence-electron chi connectivity index (χ3n) is 6.06. The van der Waals surface area contributed by atoms with E-state index in [1.54, 1.807) is 22.9 Å². The van der Waals surface area contributed by atoms with Crippen molar-refractivity contribution in [3.8, 4) is 0 Å². The molecule has 1 aliphatic heterocycles. The molecular formula is C24H26ClN5O4S. The quantitative estimate of drug-likeness (QED) is 0.496. The van der Waals surface area contributed by atoms with Crippen LogP contribution in [0.5, 0.6) is 0 Å². The molecule has 2 aromatic heterocycles. The van der Waals surface area contributed by atoms with E-state index in [9.17, 15) is 19.2 Å². The van der Waals surface area contributed by atoms with Crippen molar-refractivity contribution in [3.63, 3.8) is 0 Å². The summed E-state index contributed by atoms with van der Waals surface area (Å²) in [5.74, 6) is -1.12. The van der Waals surface area contributed by atoms with E-state index >= 15 is 0 Å². The molecule has 35 heavy (non-hydrogen) atoms. The molecule has 3 heterocycles. The minimum atomic E-state index is -0.532. The number of hydrogen-bond donors (Lipinski definition) is 2. The summed E-state index contributed by atoms with van der Waals surface area (Å²) in [6.45, 7) is 3.84. The number of pyridine rings is 1. The maximum Gasteiger partial charge on any atom is 0.257 e. The average Bonchev–Trinajstić information content (AvgIpc) is 3.14. The van der Waals surface area contributed by atoms with Gasteiger partial charge in [-0.1, -0.05) is 23.7 Å². The van der Waals surface area contributed by atoms with Crippen molar-refractivity contribution in [2.45, 2.75) is 20.0 Å². The first-order valence-electron chi connectivity index (χ1n) is 11.1. The molecule has 0 aliphatic carbocycles. The molecule has 1 saturated heterocycles. The lowest BCUT2D eigenvalue weighted by atomic mass is 10.1. The SMILES string of the molecule is Cc1c(CN2CCN(CC(N)=O)C(=O)C2)sc2c(=O)c(C(=O)NCc3ccc(Cl)cc3)cn(C)c12. The third kappa shape index (κ3) is 5.39. The molecular weight excluding hydrogens is 490 g/mol. The molecule has 3 aromatic rings. The number of primary amides is 1. The summed E-state index contributed by atoms with van der Waals surface area (Å²) in [5, 5.41) is 3.41. The molecule has 3 N–H and O–H groups in total. The number of nitrogens with zero attached hydrogens (tertiary/aromatic N) is 3. The molecule has 0 radical (unpaired) electrons. The minimum absolute atomic E-state index is 0.0766. The number of piperazine rings is 1. The summed E-state index contributed by atoms with van der Waals surface area (Å²) < 4.78 is 2.32. The van der Waals surface area contributed by atoms with E-state index in [-0.39, 0.29) is 36.5 Å². The Morgan fingerprint density at radius 3 is 2.54 bits per heavy atom. The summed E-state index contributed by atoms with van der Waals surface area (Å²) in [7, 11) is 1.81. The van der Waals surface area contributed by atoms with Gasteiger partial charge in [0.2, 0.25) is 17.2 Å². The second kappa shape index (κ2) is 10.2. The second-order valence-electron chi connectivity index (χ2n) is 8.61. The smallest absolute Gasteiger partial charge is 0.257 e. The van der Waals surface area contributed by atoms with Gasteiger partial charge < -0.3 is 20.5 Å².